The van der Waals surface area contributed by atoms with Crippen LogP contribution >= 0.6 is 0 Å². The summed E-state index contributed by atoms with van der Waals surface area (Å²) in [5.74, 6) is -1.06. The molecule has 2 aromatic heterocycles. The Morgan fingerprint density at radius 1 is 1.00 bits per heavy atom. The third-order valence-corrected chi connectivity index (χ3v) is 3.51. The third-order valence-electron chi connectivity index (χ3n) is 3.51. The number of carbonyl (C=O) groups excluding carboxylic acids is 2. The van der Waals surface area contributed by atoms with Crippen LogP contribution in [0.1, 0.15) is 20.9 Å². The van der Waals surface area contributed by atoms with Crippen molar-refractivity contribution in [2.24, 2.45) is 0 Å². The lowest BCUT2D eigenvalue weighted by Gasteiger charge is -2.10. The molecule has 0 unspecified atom stereocenters. The van der Waals surface area contributed by atoms with Crippen LogP contribution in [0.2, 0.25) is 0 Å². The van der Waals surface area contributed by atoms with Crippen LogP contribution in [-0.4, -0.2) is 29.6 Å². The van der Waals surface area contributed by atoms with Gasteiger partial charge in [-0.3, -0.25) is 9.59 Å². The number of carbonyl (C=O) groups is 2. The quantitative estimate of drug-likeness (QED) is 0.644. The highest BCUT2D eigenvalue weighted by atomic mass is 19.4. The molecule has 0 atom stereocenters. The summed E-state index contributed by atoms with van der Waals surface area (Å²) in [6.07, 6.45) is -1.93. The Balaban J connectivity index is 1.61. The van der Waals surface area contributed by atoms with E-state index in [-0.39, 0.29) is 22.9 Å². The Labute approximate surface area is 162 Å². The Morgan fingerprint density at radius 2 is 1.79 bits per heavy atom. The van der Waals surface area contributed by atoms with Crippen molar-refractivity contribution >= 4 is 23.2 Å². The maximum absolute atomic E-state index is 12.4. The number of halogens is 3. The number of nitrogens with zero attached hydrogens (tertiary/aromatic N) is 1. The molecule has 0 aliphatic carbocycles. The first-order valence-corrected chi connectivity index (χ1v) is 8.22. The first-order chi connectivity index (χ1) is 13.8. The topological polar surface area (TPSA) is 93.5 Å². The van der Waals surface area contributed by atoms with Crippen molar-refractivity contribution in [2.45, 2.75) is 6.18 Å². The van der Waals surface area contributed by atoms with E-state index in [1.165, 1.54) is 42.8 Å². The maximum Gasteiger partial charge on any atom is 0.422 e. The second-order valence-electron chi connectivity index (χ2n) is 5.76. The second-order valence-corrected chi connectivity index (χ2v) is 5.76. The zero-order valence-electron chi connectivity index (χ0n) is 14.7. The third kappa shape index (κ3) is 5.83. The van der Waals surface area contributed by atoms with Gasteiger partial charge in [0.2, 0.25) is 5.88 Å². The molecular weight excluding hydrogens is 391 g/mol. The van der Waals surface area contributed by atoms with Crippen LogP contribution in [0.4, 0.5) is 24.5 Å². The molecule has 0 radical (unpaired) electrons. The van der Waals surface area contributed by atoms with Crippen molar-refractivity contribution in [1.29, 1.82) is 0 Å². The lowest BCUT2D eigenvalue weighted by Crippen LogP contribution is -2.19. The van der Waals surface area contributed by atoms with Crippen molar-refractivity contribution in [1.82, 2.24) is 4.98 Å². The molecule has 0 aliphatic rings. The van der Waals surface area contributed by atoms with E-state index in [1.807, 2.05) is 0 Å². The van der Waals surface area contributed by atoms with Gasteiger partial charge in [-0.15, -0.1) is 0 Å². The highest BCUT2D eigenvalue weighted by Crippen LogP contribution is 2.19. The molecule has 2 N–H and O–H groups in total. The predicted octanol–water partition coefficient (Wildman–Crippen LogP) is 4.12. The van der Waals surface area contributed by atoms with Crippen LogP contribution < -0.4 is 15.4 Å². The van der Waals surface area contributed by atoms with Crippen molar-refractivity contribution < 1.29 is 31.9 Å². The number of anilines is 2. The fourth-order valence-corrected chi connectivity index (χ4v) is 2.24. The van der Waals surface area contributed by atoms with Gasteiger partial charge in [0, 0.05) is 17.3 Å². The van der Waals surface area contributed by atoms with E-state index in [0.717, 1.165) is 0 Å². The number of rotatable bonds is 6. The smallest absolute Gasteiger partial charge is 0.422 e. The van der Waals surface area contributed by atoms with Crippen LogP contribution in [0.3, 0.4) is 0 Å². The molecule has 29 heavy (non-hydrogen) atoms. The average molecular weight is 405 g/mol. The van der Waals surface area contributed by atoms with Gasteiger partial charge in [-0.25, -0.2) is 4.98 Å². The van der Waals surface area contributed by atoms with Gasteiger partial charge in [0.1, 0.15) is 0 Å². The molecule has 1 aromatic carbocycles. The summed E-state index contributed by atoms with van der Waals surface area (Å²) in [6, 6.07) is 11.8. The number of aromatic nitrogens is 1. The van der Waals surface area contributed by atoms with Crippen molar-refractivity contribution in [2.75, 3.05) is 17.2 Å². The van der Waals surface area contributed by atoms with Gasteiger partial charge in [0.05, 0.1) is 18.1 Å². The Kier molecular flexibility index (Phi) is 5.82. The molecule has 3 rings (SSSR count). The van der Waals surface area contributed by atoms with Crippen molar-refractivity contribution in [3.63, 3.8) is 0 Å². The molecule has 0 bridgehead atoms. The Bertz CT molecular complexity index is 987. The monoisotopic (exact) mass is 405 g/mol. The fourth-order valence-electron chi connectivity index (χ4n) is 2.24. The Hall–Kier alpha value is -3.82. The van der Waals surface area contributed by atoms with Crippen LogP contribution in [0, 0.1) is 0 Å². The number of ether oxygens (including phenoxy) is 1. The highest BCUT2D eigenvalue weighted by Gasteiger charge is 2.28. The zero-order valence-corrected chi connectivity index (χ0v) is 14.7. The largest absolute Gasteiger partial charge is 0.468 e. The minimum absolute atomic E-state index is 0.124. The Morgan fingerprint density at radius 3 is 2.45 bits per heavy atom. The molecule has 0 spiro atoms. The van der Waals surface area contributed by atoms with E-state index < -0.39 is 24.6 Å². The number of amides is 2. The summed E-state index contributed by atoms with van der Waals surface area (Å²) in [5, 5.41) is 5.16. The SMILES string of the molecule is O=C(Nc1ccc(OCC(F)(F)F)nc1)c1cccc(NC(=O)c2ccco2)c1. The van der Waals surface area contributed by atoms with Gasteiger partial charge in [0.15, 0.2) is 12.4 Å². The maximum atomic E-state index is 12.4. The number of furan rings is 1. The number of hydrogen-bond donors (Lipinski definition) is 2. The van der Waals surface area contributed by atoms with Gasteiger partial charge < -0.3 is 19.8 Å². The standard InChI is InChI=1S/C19H14F3N3O4/c20-19(21,22)11-29-16-7-6-14(10-23-16)25-17(26)12-3-1-4-13(9-12)24-18(27)15-5-2-8-28-15/h1-10H,11H2,(H,24,27)(H,25,26). The summed E-state index contributed by atoms with van der Waals surface area (Å²) in [4.78, 5) is 28.1. The van der Waals surface area contributed by atoms with Crippen molar-refractivity contribution in [3.05, 3.63) is 72.3 Å². The summed E-state index contributed by atoms with van der Waals surface area (Å²) in [6.45, 7) is -1.46. The van der Waals surface area contributed by atoms with E-state index in [4.69, 9.17) is 4.42 Å². The molecule has 150 valence electrons. The molecule has 0 fully saturated rings. The number of hydrogen-bond acceptors (Lipinski definition) is 5. The average Bonchev–Trinajstić information content (AvgIpc) is 3.22. The van der Waals surface area contributed by atoms with Gasteiger partial charge in [0.25, 0.3) is 11.8 Å². The van der Waals surface area contributed by atoms with E-state index in [0.29, 0.717) is 5.69 Å². The van der Waals surface area contributed by atoms with E-state index in [9.17, 15) is 22.8 Å². The summed E-state index contributed by atoms with van der Waals surface area (Å²) >= 11 is 0. The minimum Gasteiger partial charge on any atom is -0.468 e. The molecule has 2 amide bonds. The zero-order chi connectivity index (χ0) is 20.9. The van der Waals surface area contributed by atoms with Gasteiger partial charge in [-0.05, 0) is 36.4 Å². The molecule has 0 saturated heterocycles. The van der Waals surface area contributed by atoms with E-state index >= 15 is 0 Å². The molecule has 0 saturated carbocycles. The fraction of sp³-hybridized carbons (Fsp3) is 0.105. The predicted molar refractivity (Wildman–Crippen MR) is 96.8 cm³/mol. The number of benzene rings is 1. The lowest BCUT2D eigenvalue weighted by molar-refractivity contribution is -0.154. The van der Waals surface area contributed by atoms with Gasteiger partial charge >= 0.3 is 6.18 Å². The second kappa shape index (κ2) is 8.46. The highest BCUT2D eigenvalue weighted by molar-refractivity contribution is 6.06. The minimum atomic E-state index is -4.47. The van der Waals surface area contributed by atoms with E-state index in [2.05, 4.69) is 20.4 Å². The van der Waals surface area contributed by atoms with E-state index in [1.54, 1.807) is 18.2 Å². The molecular formula is C19H14F3N3O4. The first-order valence-electron chi connectivity index (χ1n) is 8.22. The summed E-state index contributed by atoms with van der Waals surface area (Å²) in [7, 11) is 0. The van der Waals surface area contributed by atoms with Gasteiger partial charge in [-0.1, -0.05) is 6.07 Å². The molecule has 3 aromatic rings. The van der Waals surface area contributed by atoms with Crippen LogP contribution in [0.5, 0.6) is 5.88 Å². The van der Waals surface area contributed by atoms with Crippen LogP contribution in [0.15, 0.2) is 65.4 Å². The van der Waals surface area contributed by atoms with Crippen molar-refractivity contribution in [3.8, 4) is 5.88 Å². The summed E-state index contributed by atoms with van der Waals surface area (Å²) in [5.41, 5.74) is 0.895. The number of alkyl halides is 3. The van der Waals surface area contributed by atoms with Gasteiger partial charge in [-0.2, -0.15) is 13.2 Å². The number of pyridine rings is 1. The van der Waals surface area contributed by atoms with Crippen LogP contribution in [-0.2, 0) is 0 Å². The van der Waals surface area contributed by atoms with Crippen LogP contribution in [0.25, 0.3) is 0 Å². The molecule has 10 heteroatoms. The number of nitrogens with one attached hydrogen (secondary N) is 2. The molecule has 2 heterocycles. The molecule has 7 nitrogen and oxygen atoms in total. The normalized spacial score (nSPS) is 11.0. The first kappa shape index (κ1) is 19.9. The summed E-state index contributed by atoms with van der Waals surface area (Å²) < 4.78 is 45.9. The molecule has 0 aliphatic heterocycles. The lowest BCUT2D eigenvalue weighted by atomic mass is 10.2.